The lowest BCUT2D eigenvalue weighted by atomic mass is 9.75. The Bertz CT molecular complexity index is 222. The van der Waals surface area contributed by atoms with Gasteiger partial charge < -0.3 is 4.74 Å². The monoisotopic (exact) mass is 196 g/mol. The van der Waals surface area contributed by atoms with Crippen LogP contribution in [0.3, 0.4) is 0 Å². The summed E-state index contributed by atoms with van der Waals surface area (Å²) < 4.78 is 4.93. The van der Waals surface area contributed by atoms with Crippen molar-refractivity contribution >= 4 is 5.97 Å². The molecule has 2 atom stereocenters. The van der Waals surface area contributed by atoms with Crippen molar-refractivity contribution in [3.8, 4) is 0 Å². The Morgan fingerprint density at radius 1 is 1.71 bits per heavy atom. The molecule has 1 saturated carbocycles. The minimum absolute atomic E-state index is 0.0237. The lowest BCUT2D eigenvalue weighted by Gasteiger charge is -2.30. The van der Waals surface area contributed by atoms with Crippen molar-refractivity contribution in [1.29, 1.82) is 0 Å². The fraction of sp³-hybridized carbons (Fsp3) is 0.750. The van der Waals surface area contributed by atoms with Crippen molar-refractivity contribution in [2.24, 2.45) is 11.3 Å². The zero-order chi connectivity index (χ0) is 10.6. The summed E-state index contributed by atoms with van der Waals surface area (Å²) in [7, 11) is 1.49. The van der Waals surface area contributed by atoms with E-state index in [0.29, 0.717) is 5.92 Å². The number of hydrogen-bond acceptors (Lipinski definition) is 2. The molecule has 0 saturated heterocycles. The molecule has 2 nitrogen and oxygen atoms in total. The molecule has 1 fully saturated rings. The van der Waals surface area contributed by atoms with Gasteiger partial charge in [0.1, 0.15) is 0 Å². The third kappa shape index (κ3) is 1.84. The number of ether oxygens (including phenoxy) is 1. The number of carbonyl (C=O) groups is 1. The van der Waals surface area contributed by atoms with Crippen LogP contribution in [0.2, 0.25) is 0 Å². The maximum atomic E-state index is 11.8. The number of rotatable bonds is 4. The molecule has 1 aliphatic carbocycles. The van der Waals surface area contributed by atoms with Gasteiger partial charge in [-0.25, -0.2) is 0 Å². The molecule has 0 heterocycles. The normalized spacial score (nSPS) is 31.4. The van der Waals surface area contributed by atoms with Crippen LogP contribution in [-0.2, 0) is 9.53 Å². The first-order valence-electron chi connectivity index (χ1n) is 5.36. The van der Waals surface area contributed by atoms with Crippen LogP contribution in [0.5, 0.6) is 0 Å². The van der Waals surface area contributed by atoms with Crippen LogP contribution in [0.25, 0.3) is 0 Å². The van der Waals surface area contributed by atoms with Gasteiger partial charge in [-0.05, 0) is 31.6 Å². The van der Waals surface area contributed by atoms with Crippen LogP contribution in [-0.4, -0.2) is 13.1 Å². The van der Waals surface area contributed by atoms with Gasteiger partial charge in [-0.2, -0.15) is 0 Å². The quantitative estimate of drug-likeness (QED) is 0.510. The van der Waals surface area contributed by atoms with Crippen LogP contribution < -0.4 is 0 Å². The third-order valence-corrected chi connectivity index (χ3v) is 3.59. The smallest absolute Gasteiger partial charge is 0.312 e. The van der Waals surface area contributed by atoms with Gasteiger partial charge >= 0.3 is 5.97 Å². The Balaban J connectivity index is 2.77. The summed E-state index contributed by atoms with van der Waals surface area (Å²) in [4.78, 5) is 11.8. The van der Waals surface area contributed by atoms with Gasteiger partial charge in [-0.15, -0.1) is 6.58 Å². The molecule has 14 heavy (non-hydrogen) atoms. The predicted octanol–water partition coefficient (Wildman–Crippen LogP) is 2.93. The zero-order valence-corrected chi connectivity index (χ0v) is 9.21. The van der Waals surface area contributed by atoms with E-state index in [-0.39, 0.29) is 11.4 Å². The second kappa shape index (κ2) is 4.63. The maximum Gasteiger partial charge on any atom is 0.312 e. The van der Waals surface area contributed by atoms with Gasteiger partial charge in [0.05, 0.1) is 12.5 Å². The van der Waals surface area contributed by atoms with E-state index in [4.69, 9.17) is 4.74 Å². The molecule has 0 aliphatic heterocycles. The van der Waals surface area contributed by atoms with E-state index in [1.165, 1.54) is 7.11 Å². The Kier molecular flexibility index (Phi) is 3.73. The van der Waals surface area contributed by atoms with E-state index in [1.807, 2.05) is 6.08 Å². The van der Waals surface area contributed by atoms with Crippen molar-refractivity contribution in [2.45, 2.75) is 39.0 Å². The Hall–Kier alpha value is -0.790. The fourth-order valence-corrected chi connectivity index (χ4v) is 2.59. The highest BCUT2D eigenvalue weighted by Crippen LogP contribution is 2.47. The summed E-state index contributed by atoms with van der Waals surface area (Å²) in [6.07, 6.45) is 6.95. The minimum atomic E-state index is -0.219. The molecular weight excluding hydrogens is 176 g/mol. The van der Waals surface area contributed by atoms with Crippen LogP contribution in [0.15, 0.2) is 12.7 Å². The molecule has 0 aromatic heterocycles. The minimum Gasteiger partial charge on any atom is -0.469 e. The largest absolute Gasteiger partial charge is 0.469 e. The highest BCUT2D eigenvalue weighted by atomic mass is 16.5. The molecule has 0 amide bonds. The van der Waals surface area contributed by atoms with Crippen molar-refractivity contribution in [1.82, 2.24) is 0 Å². The lowest BCUT2D eigenvalue weighted by Crippen LogP contribution is -2.34. The molecule has 0 aromatic rings. The first-order chi connectivity index (χ1) is 6.67. The molecular formula is C12H20O2. The molecule has 2 heteroatoms. The standard InChI is InChI=1S/C12H20O2/c1-4-5-8-12(11(13)14-3)9-6-7-10(12)2/h4,10H,1,5-9H2,2-3H3. The topological polar surface area (TPSA) is 26.3 Å². The van der Waals surface area contributed by atoms with Gasteiger partial charge in [0.2, 0.25) is 0 Å². The summed E-state index contributed by atoms with van der Waals surface area (Å²) in [5, 5.41) is 0. The maximum absolute atomic E-state index is 11.8. The number of allylic oxidation sites excluding steroid dienone is 1. The average Bonchev–Trinajstić information content (AvgIpc) is 2.57. The lowest BCUT2D eigenvalue weighted by molar-refractivity contribution is -0.155. The second-order valence-corrected chi connectivity index (χ2v) is 4.27. The second-order valence-electron chi connectivity index (χ2n) is 4.27. The molecule has 0 bridgehead atoms. The van der Waals surface area contributed by atoms with E-state index < -0.39 is 0 Å². The zero-order valence-electron chi connectivity index (χ0n) is 9.21. The highest BCUT2D eigenvalue weighted by Gasteiger charge is 2.46. The Labute approximate surface area is 86.3 Å². The van der Waals surface area contributed by atoms with Crippen molar-refractivity contribution in [3.63, 3.8) is 0 Å². The first-order valence-corrected chi connectivity index (χ1v) is 5.36. The number of hydrogen-bond donors (Lipinski definition) is 0. The van der Waals surface area contributed by atoms with Crippen molar-refractivity contribution in [2.75, 3.05) is 7.11 Å². The van der Waals surface area contributed by atoms with Crippen LogP contribution >= 0.6 is 0 Å². The van der Waals surface area contributed by atoms with E-state index in [0.717, 1.165) is 32.1 Å². The van der Waals surface area contributed by atoms with Crippen LogP contribution in [0.4, 0.5) is 0 Å². The highest BCUT2D eigenvalue weighted by molar-refractivity contribution is 5.77. The molecule has 0 N–H and O–H groups in total. The van der Waals surface area contributed by atoms with E-state index in [2.05, 4.69) is 13.5 Å². The Morgan fingerprint density at radius 2 is 2.43 bits per heavy atom. The SMILES string of the molecule is C=CCCC1(C(=O)OC)CCCC1C. The molecule has 1 aliphatic rings. The van der Waals surface area contributed by atoms with Crippen molar-refractivity contribution in [3.05, 3.63) is 12.7 Å². The van der Waals surface area contributed by atoms with Gasteiger partial charge in [-0.3, -0.25) is 4.79 Å². The molecule has 80 valence electrons. The molecule has 0 spiro atoms. The van der Waals surface area contributed by atoms with Gasteiger partial charge in [-0.1, -0.05) is 19.4 Å². The fourth-order valence-electron chi connectivity index (χ4n) is 2.59. The molecule has 1 rings (SSSR count). The summed E-state index contributed by atoms with van der Waals surface area (Å²) in [6.45, 7) is 5.87. The van der Waals surface area contributed by atoms with Crippen LogP contribution in [0, 0.1) is 11.3 Å². The molecule has 0 radical (unpaired) electrons. The van der Waals surface area contributed by atoms with Gasteiger partial charge in [0.25, 0.3) is 0 Å². The van der Waals surface area contributed by atoms with E-state index in [1.54, 1.807) is 0 Å². The summed E-state index contributed by atoms with van der Waals surface area (Å²) >= 11 is 0. The Morgan fingerprint density at radius 3 is 2.86 bits per heavy atom. The summed E-state index contributed by atoms with van der Waals surface area (Å²) in [6, 6.07) is 0. The molecule has 0 aromatic carbocycles. The van der Waals surface area contributed by atoms with E-state index in [9.17, 15) is 4.79 Å². The number of methoxy groups -OCH3 is 1. The van der Waals surface area contributed by atoms with Crippen molar-refractivity contribution < 1.29 is 9.53 Å². The van der Waals surface area contributed by atoms with E-state index >= 15 is 0 Å². The molecule has 2 unspecified atom stereocenters. The number of carbonyl (C=O) groups excluding carboxylic acids is 1. The first kappa shape index (κ1) is 11.3. The summed E-state index contributed by atoms with van der Waals surface area (Å²) in [5.41, 5.74) is -0.219. The van der Waals surface area contributed by atoms with Gasteiger partial charge in [0, 0.05) is 0 Å². The van der Waals surface area contributed by atoms with Crippen LogP contribution in [0.1, 0.15) is 39.0 Å². The predicted molar refractivity (Wildman–Crippen MR) is 56.9 cm³/mol. The summed E-state index contributed by atoms with van der Waals surface area (Å²) in [5.74, 6) is 0.430. The third-order valence-electron chi connectivity index (χ3n) is 3.59. The van der Waals surface area contributed by atoms with Gasteiger partial charge in [0.15, 0.2) is 0 Å². The average molecular weight is 196 g/mol. The number of esters is 1.